The number of hydrogen-bond donors (Lipinski definition) is 10. The van der Waals surface area contributed by atoms with Crippen molar-refractivity contribution >= 4 is 59.1 Å². The number of hydrogen-bond acceptors (Lipinski definition) is 11. The molecule has 370 valence electrons. The van der Waals surface area contributed by atoms with Crippen LogP contribution in [0.1, 0.15) is 137 Å². The van der Waals surface area contributed by atoms with E-state index in [4.69, 9.17) is 0 Å². The third kappa shape index (κ3) is 16.2. The van der Waals surface area contributed by atoms with Gasteiger partial charge in [0.15, 0.2) is 0 Å². The number of amides is 10. The zero-order chi connectivity index (χ0) is 50.8. The molecule has 1 heterocycles. The first-order valence-electron chi connectivity index (χ1n) is 22.2. The zero-order valence-corrected chi connectivity index (χ0v) is 41.6. The van der Waals surface area contributed by atoms with Crippen molar-refractivity contribution in [1.82, 2.24) is 52.8 Å². The Kier molecular flexibility index (Phi) is 20.2. The minimum atomic E-state index is -1.65. The first kappa shape index (κ1) is 57.7. The van der Waals surface area contributed by atoms with Crippen molar-refractivity contribution in [1.29, 1.82) is 0 Å². The number of aliphatic hydroxyl groups is 1. The van der Waals surface area contributed by atoms with Gasteiger partial charge in [-0.15, -0.1) is 0 Å². The van der Waals surface area contributed by atoms with E-state index in [9.17, 15) is 53.1 Å². The second-order valence-corrected chi connectivity index (χ2v) is 20.2. The van der Waals surface area contributed by atoms with Gasteiger partial charge in [-0.3, -0.25) is 47.9 Å². The molecule has 0 radical (unpaired) electrons. The molecule has 0 aromatic rings. The molecule has 1 aliphatic heterocycles. The number of nitrogens with one attached hydrogen (secondary N) is 9. The van der Waals surface area contributed by atoms with Gasteiger partial charge >= 0.3 is 0 Å². The van der Waals surface area contributed by atoms with Gasteiger partial charge in [0.05, 0.1) is 12.6 Å². The van der Waals surface area contributed by atoms with Crippen molar-refractivity contribution in [2.75, 3.05) is 13.2 Å². The Morgan fingerprint density at radius 2 is 0.923 bits per heavy atom. The highest BCUT2D eigenvalue weighted by molar-refractivity contribution is 6.01. The quantitative estimate of drug-likeness (QED) is 0.0638. The summed E-state index contributed by atoms with van der Waals surface area (Å²) < 4.78 is 0. The minimum Gasteiger partial charge on any atom is -0.394 e. The van der Waals surface area contributed by atoms with Crippen molar-refractivity contribution in [3.63, 3.8) is 0 Å². The molecule has 0 aliphatic carbocycles. The smallest absolute Gasteiger partial charge is 0.248 e. The molecule has 1 fully saturated rings. The summed E-state index contributed by atoms with van der Waals surface area (Å²) >= 11 is 0. The van der Waals surface area contributed by atoms with Gasteiger partial charge in [0.25, 0.3) is 0 Å². The first-order valence-corrected chi connectivity index (χ1v) is 22.2. The number of likely N-dealkylation sites (tertiary alicyclic amines) is 1. The number of rotatable bonds is 22. The molecule has 10 amide bonds. The van der Waals surface area contributed by atoms with Crippen LogP contribution in [0.15, 0.2) is 0 Å². The summed E-state index contributed by atoms with van der Waals surface area (Å²) in [6.45, 7) is 25.6. The van der Waals surface area contributed by atoms with Crippen LogP contribution in [-0.4, -0.2) is 140 Å². The van der Waals surface area contributed by atoms with Crippen LogP contribution in [0.2, 0.25) is 0 Å². The number of carbonyl (C=O) groups excluding carboxylic acids is 10. The maximum absolute atomic E-state index is 13.9. The average Bonchev–Trinajstić information content (AvgIpc) is 3.65. The molecule has 1 saturated heterocycles. The Bertz CT molecular complexity index is 1810. The number of nitrogens with zero attached hydrogens (tertiary/aromatic N) is 1. The van der Waals surface area contributed by atoms with Gasteiger partial charge in [0, 0.05) is 13.5 Å². The van der Waals surface area contributed by atoms with E-state index in [0.717, 1.165) is 6.42 Å². The van der Waals surface area contributed by atoms with E-state index in [-0.39, 0.29) is 18.6 Å². The Hall–Kier alpha value is -5.34. The lowest BCUT2D eigenvalue weighted by Gasteiger charge is -2.36. The van der Waals surface area contributed by atoms with Crippen LogP contribution in [0.3, 0.4) is 0 Å². The molecule has 0 aromatic heterocycles. The maximum Gasteiger partial charge on any atom is 0.248 e. The van der Waals surface area contributed by atoms with Gasteiger partial charge < -0.3 is 57.9 Å². The SMILES string of the molecule is CC[C@@H](C)[C@H](NC(=O)C(C)(C)NC(=O)[C@@H](NC(=O)C(C)(C)NC(=O)[C@H](C)NC(C)=O)C(C)C)C(=O)NC(C)(C)C(=O)NC(C)(C)C(=O)N[C@@H](C)C(=O)NC(C)(C)C(=O)N1CCC[C@H]1CO. The van der Waals surface area contributed by atoms with Gasteiger partial charge in [-0.05, 0) is 108 Å². The largest absolute Gasteiger partial charge is 0.394 e. The van der Waals surface area contributed by atoms with Gasteiger partial charge in [0.1, 0.15) is 51.9 Å². The monoisotopic (exact) mass is 923 g/mol. The molecule has 0 spiro atoms. The Balaban J connectivity index is 3.05. The fraction of sp³-hybridized carbons (Fsp3) is 0.773. The topological polar surface area (TPSA) is 302 Å². The van der Waals surface area contributed by atoms with Gasteiger partial charge in [-0.1, -0.05) is 34.1 Å². The summed E-state index contributed by atoms with van der Waals surface area (Å²) in [6.07, 6.45) is 1.79. The zero-order valence-electron chi connectivity index (χ0n) is 41.6. The highest BCUT2D eigenvalue weighted by Gasteiger charge is 2.43. The molecule has 0 bridgehead atoms. The molecular formula is C44H78N10O11. The summed E-state index contributed by atoms with van der Waals surface area (Å²) in [4.78, 5) is 134. The normalized spacial score (nSPS) is 17.0. The second kappa shape index (κ2) is 22.7. The Morgan fingerprint density at radius 3 is 1.37 bits per heavy atom. The maximum atomic E-state index is 13.9. The predicted octanol–water partition coefficient (Wildman–Crippen LogP) is -0.855. The lowest BCUT2D eigenvalue weighted by Crippen LogP contribution is -2.67. The standard InChI is InChI=1S/C44H78N10O11/c1-18-24(4)30(48-37(63)41(10,11)51-33(59)29(23(2)3)47-36(62)40(8,9)49-31(57)25(5)45-27(7)56)34(60)52-43(14,15)38(64)53-42(12,13)35(61)46-26(6)32(58)50-44(16,17)39(65)54-21-19-20-28(54)22-55/h23-26,28-30,55H,18-22H2,1-17H3,(H,45,56)(H,46,61)(H,47,62)(H,48,63)(H,49,57)(H,50,58)(H,51,59)(H,52,60)(H,53,64)/t24-,25+,26+,28+,29+,30+/m1/s1. The van der Waals surface area contributed by atoms with Gasteiger partial charge in [-0.2, -0.15) is 0 Å². The molecule has 10 N–H and O–H groups in total. The van der Waals surface area contributed by atoms with E-state index in [0.29, 0.717) is 19.4 Å². The van der Waals surface area contributed by atoms with E-state index >= 15 is 0 Å². The van der Waals surface area contributed by atoms with Crippen molar-refractivity contribution in [3.8, 4) is 0 Å². The average molecular weight is 923 g/mol. The lowest BCUT2D eigenvalue weighted by molar-refractivity contribution is -0.142. The first-order chi connectivity index (χ1) is 29.5. The number of aliphatic hydroxyl groups excluding tert-OH is 1. The van der Waals surface area contributed by atoms with Gasteiger partial charge in [0.2, 0.25) is 59.1 Å². The highest BCUT2D eigenvalue weighted by Crippen LogP contribution is 2.22. The molecule has 0 unspecified atom stereocenters. The third-order valence-electron chi connectivity index (χ3n) is 11.4. The molecule has 0 aromatic carbocycles. The molecule has 21 heteroatoms. The van der Waals surface area contributed by atoms with Crippen LogP contribution in [-0.2, 0) is 47.9 Å². The minimum absolute atomic E-state index is 0.197. The van der Waals surface area contributed by atoms with Crippen LogP contribution in [0.4, 0.5) is 0 Å². The summed E-state index contributed by atoms with van der Waals surface area (Å²) in [6, 6.07) is -4.77. The second-order valence-electron chi connectivity index (χ2n) is 20.2. The van der Waals surface area contributed by atoms with Crippen LogP contribution < -0.4 is 47.9 Å². The summed E-state index contributed by atoms with van der Waals surface area (Å²) in [5.41, 5.74) is -7.76. The fourth-order valence-electron chi connectivity index (χ4n) is 6.67. The van der Waals surface area contributed by atoms with E-state index < -0.39 is 117 Å². The molecular weight excluding hydrogens is 845 g/mol. The van der Waals surface area contributed by atoms with E-state index in [1.807, 2.05) is 0 Å². The van der Waals surface area contributed by atoms with Crippen LogP contribution in [0.25, 0.3) is 0 Å². The Morgan fingerprint density at radius 1 is 0.538 bits per heavy atom. The predicted molar refractivity (Wildman–Crippen MR) is 242 cm³/mol. The van der Waals surface area contributed by atoms with E-state index in [1.54, 1.807) is 27.7 Å². The van der Waals surface area contributed by atoms with Crippen molar-refractivity contribution in [2.24, 2.45) is 11.8 Å². The van der Waals surface area contributed by atoms with Gasteiger partial charge in [-0.25, -0.2) is 0 Å². The highest BCUT2D eigenvalue weighted by atomic mass is 16.3. The number of carbonyl (C=O) groups is 10. The summed E-state index contributed by atoms with van der Waals surface area (Å²) in [7, 11) is 0. The summed E-state index contributed by atoms with van der Waals surface area (Å²) in [5.74, 6) is -7.47. The van der Waals surface area contributed by atoms with Crippen molar-refractivity contribution in [2.45, 2.75) is 195 Å². The molecule has 6 atom stereocenters. The van der Waals surface area contributed by atoms with E-state index in [2.05, 4.69) is 47.9 Å². The van der Waals surface area contributed by atoms with E-state index in [1.165, 1.54) is 94.9 Å². The van der Waals surface area contributed by atoms with Crippen LogP contribution >= 0.6 is 0 Å². The van der Waals surface area contributed by atoms with Crippen LogP contribution in [0, 0.1) is 11.8 Å². The summed E-state index contributed by atoms with van der Waals surface area (Å²) in [5, 5.41) is 33.1. The lowest BCUT2D eigenvalue weighted by atomic mass is 9.93. The Labute approximate surface area is 384 Å². The fourth-order valence-corrected chi connectivity index (χ4v) is 6.67. The molecule has 65 heavy (non-hydrogen) atoms. The van der Waals surface area contributed by atoms with Crippen molar-refractivity contribution in [3.05, 3.63) is 0 Å². The molecule has 0 saturated carbocycles. The molecule has 1 rings (SSSR count). The molecule has 1 aliphatic rings. The van der Waals surface area contributed by atoms with Crippen molar-refractivity contribution < 1.29 is 53.1 Å². The molecule has 21 nitrogen and oxygen atoms in total. The third-order valence-corrected chi connectivity index (χ3v) is 11.4. The van der Waals surface area contributed by atoms with Crippen LogP contribution in [0.5, 0.6) is 0 Å².